The van der Waals surface area contributed by atoms with Crippen LogP contribution in [0, 0.1) is 0 Å². The smallest absolute Gasteiger partial charge is 0.341 e. The van der Waals surface area contributed by atoms with Gasteiger partial charge in [-0.05, 0) is 6.07 Å². The molecule has 0 unspecified atom stereocenters. The van der Waals surface area contributed by atoms with Crippen LogP contribution >= 0.6 is 11.8 Å². The second-order valence-corrected chi connectivity index (χ2v) is 5.25. The van der Waals surface area contributed by atoms with E-state index in [4.69, 9.17) is 0 Å². The van der Waals surface area contributed by atoms with Crippen molar-refractivity contribution in [1.82, 2.24) is 20.6 Å². The Hall–Kier alpha value is -2.36. The van der Waals surface area contributed by atoms with Crippen LogP contribution in [0.25, 0.3) is 10.9 Å². The van der Waals surface area contributed by atoms with Gasteiger partial charge in [0, 0.05) is 12.4 Å². The Morgan fingerprint density at radius 3 is 2.57 bits per heavy atom. The molecule has 3 amide bonds. The zero-order chi connectivity index (χ0) is 17.0. The number of hydrogen-bond acceptors (Lipinski definition) is 5. The third-order valence-corrected chi connectivity index (χ3v) is 3.63. The van der Waals surface area contributed by atoms with Gasteiger partial charge >= 0.3 is 12.2 Å². The van der Waals surface area contributed by atoms with Gasteiger partial charge in [-0.15, -0.1) is 0 Å². The van der Waals surface area contributed by atoms with Crippen LogP contribution in [0.3, 0.4) is 0 Å². The summed E-state index contributed by atoms with van der Waals surface area (Å²) in [6.45, 7) is 0. The van der Waals surface area contributed by atoms with Crippen molar-refractivity contribution in [3.63, 3.8) is 0 Å². The van der Waals surface area contributed by atoms with Gasteiger partial charge in [-0.1, -0.05) is 30.0 Å². The average molecular weight is 344 g/mol. The first-order valence-corrected chi connectivity index (χ1v) is 7.28. The molecule has 0 aliphatic rings. The highest BCUT2D eigenvalue weighted by molar-refractivity contribution is 8.00. The summed E-state index contributed by atoms with van der Waals surface area (Å²) in [7, 11) is 1.34. The van der Waals surface area contributed by atoms with Crippen molar-refractivity contribution in [2.24, 2.45) is 0 Å². The number of carbonyl (C=O) groups excluding carboxylic acids is 2. The van der Waals surface area contributed by atoms with Crippen LogP contribution in [0.4, 0.5) is 18.0 Å². The number of amides is 3. The molecule has 1 heterocycles. The van der Waals surface area contributed by atoms with E-state index in [9.17, 15) is 22.8 Å². The van der Waals surface area contributed by atoms with Crippen molar-refractivity contribution >= 4 is 34.6 Å². The second-order valence-electron chi connectivity index (χ2n) is 4.28. The van der Waals surface area contributed by atoms with Crippen molar-refractivity contribution in [2.75, 3.05) is 12.8 Å². The maximum Gasteiger partial charge on any atom is 0.451 e. The lowest BCUT2D eigenvalue weighted by molar-refractivity contribution is -0.145. The van der Waals surface area contributed by atoms with E-state index in [2.05, 4.69) is 15.3 Å². The number of para-hydroxylation sites is 1. The first kappa shape index (κ1) is 17.0. The van der Waals surface area contributed by atoms with Gasteiger partial charge in [-0.2, -0.15) is 13.2 Å². The van der Waals surface area contributed by atoms with Gasteiger partial charge in [0.25, 0.3) is 0 Å². The molecule has 0 saturated heterocycles. The molecule has 0 radical (unpaired) electrons. The van der Waals surface area contributed by atoms with Crippen LogP contribution in [0.15, 0.2) is 29.3 Å². The number of fused-ring (bicyclic) bond motifs is 1. The zero-order valence-corrected chi connectivity index (χ0v) is 12.6. The number of imide groups is 1. The van der Waals surface area contributed by atoms with E-state index in [-0.39, 0.29) is 16.3 Å². The van der Waals surface area contributed by atoms with Gasteiger partial charge in [0.05, 0.1) is 11.3 Å². The van der Waals surface area contributed by atoms with Crippen molar-refractivity contribution in [1.29, 1.82) is 0 Å². The minimum atomic E-state index is -4.69. The van der Waals surface area contributed by atoms with Gasteiger partial charge in [0.15, 0.2) is 0 Å². The maximum absolute atomic E-state index is 12.8. The Bertz CT molecular complexity index is 752. The summed E-state index contributed by atoms with van der Waals surface area (Å²) in [5.41, 5.74) is 0.129. The van der Waals surface area contributed by atoms with Gasteiger partial charge in [0.2, 0.25) is 11.7 Å². The first-order chi connectivity index (χ1) is 10.8. The molecule has 1 aromatic carbocycles. The molecule has 2 rings (SSSR count). The lowest BCUT2D eigenvalue weighted by Gasteiger charge is -2.10. The minimum absolute atomic E-state index is 0.0231. The Labute approximate surface area is 132 Å². The number of nitrogens with one attached hydrogen (secondary N) is 2. The Morgan fingerprint density at radius 1 is 1.22 bits per heavy atom. The highest BCUT2D eigenvalue weighted by atomic mass is 32.2. The maximum atomic E-state index is 12.8. The van der Waals surface area contributed by atoms with Crippen LogP contribution in [-0.4, -0.2) is 34.7 Å². The van der Waals surface area contributed by atoms with E-state index >= 15 is 0 Å². The van der Waals surface area contributed by atoms with Crippen LogP contribution in [0.2, 0.25) is 0 Å². The van der Waals surface area contributed by atoms with E-state index in [1.165, 1.54) is 13.1 Å². The number of benzene rings is 1. The molecule has 0 saturated carbocycles. The largest absolute Gasteiger partial charge is 0.451 e. The van der Waals surface area contributed by atoms with Gasteiger partial charge in [-0.3, -0.25) is 10.1 Å². The van der Waals surface area contributed by atoms with Gasteiger partial charge < -0.3 is 5.32 Å². The summed E-state index contributed by atoms with van der Waals surface area (Å²) in [6.07, 6.45) is -4.69. The molecular weight excluding hydrogens is 333 g/mol. The summed E-state index contributed by atoms with van der Waals surface area (Å²) in [5, 5.41) is 4.64. The first-order valence-electron chi connectivity index (χ1n) is 6.29. The van der Waals surface area contributed by atoms with Crippen LogP contribution < -0.4 is 10.6 Å². The highest BCUT2D eigenvalue weighted by Gasteiger charge is 2.35. The van der Waals surface area contributed by atoms with Gasteiger partial charge in [-0.25, -0.2) is 14.8 Å². The predicted molar refractivity (Wildman–Crippen MR) is 77.9 cm³/mol. The van der Waals surface area contributed by atoms with E-state index in [0.717, 1.165) is 11.8 Å². The second kappa shape index (κ2) is 6.82. The number of thioether (sulfide) groups is 1. The topological polar surface area (TPSA) is 84.0 Å². The lowest BCUT2D eigenvalue weighted by Crippen LogP contribution is -2.38. The molecule has 10 heteroatoms. The number of alkyl halides is 3. The normalized spacial score (nSPS) is 11.3. The Balaban J connectivity index is 2.28. The van der Waals surface area contributed by atoms with Crippen LogP contribution in [-0.2, 0) is 11.0 Å². The van der Waals surface area contributed by atoms with E-state index < -0.39 is 23.9 Å². The number of carbonyl (C=O) groups is 2. The fraction of sp³-hybridized carbons (Fsp3) is 0.231. The molecule has 6 nitrogen and oxygen atoms in total. The molecule has 1 aromatic heterocycles. The standard InChI is InChI=1S/C13H11F3N4O2S/c1-17-12(22)19-9(21)6-23-10-7-4-2-3-5-8(7)18-11(20-10)13(14,15)16/h2-5H,6H2,1H3,(H2,17,19,21,22). The SMILES string of the molecule is CNC(=O)NC(=O)CSc1nc(C(F)(F)F)nc2ccccc12. The molecule has 0 fully saturated rings. The van der Waals surface area contributed by atoms with E-state index in [1.807, 2.05) is 5.32 Å². The van der Waals surface area contributed by atoms with E-state index in [1.54, 1.807) is 18.2 Å². The molecular formula is C13H11F3N4O2S. The lowest BCUT2D eigenvalue weighted by atomic mass is 10.2. The fourth-order valence-electron chi connectivity index (χ4n) is 1.64. The van der Waals surface area contributed by atoms with Crippen LogP contribution in [0.5, 0.6) is 0 Å². The molecule has 0 atom stereocenters. The molecule has 23 heavy (non-hydrogen) atoms. The zero-order valence-electron chi connectivity index (χ0n) is 11.8. The average Bonchev–Trinajstić information content (AvgIpc) is 2.51. The molecule has 0 bridgehead atoms. The number of rotatable bonds is 3. The number of hydrogen-bond donors (Lipinski definition) is 2. The fourth-order valence-corrected chi connectivity index (χ4v) is 2.46. The Morgan fingerprint density at radius 2 is 1.91 bits per heavy atom. The number of urea groups is 1. The van der Waals surface area contributed by atoms with E-state index in [0.29, 0.717) is 5.39 Å². The third-order valence-electron chi connectivity index (χ3n) is 2.64. The Kier molecular flexibility index (Phi) is 5.04. The number of nitrogens with zero attached hydrogens (tertiary/aromatic N) is 2. The minimum Gasteiger partial charge on any atom is -0.341 e. The monoisotopic (exact) mass is 344 g/mol. The summed E-state index contributed by atoms with van der Waals surface area (Å²) in [6, 6.07) is 5.49. The molecule has 0 aliphatic heterocycles. The number of aromatic nitrogens is 2. The summed E-state index contributed by atoms with van der Waals surface area (Å²) in [5.74, 6) is -2.18. The summed E-state index contributed by atoms with van der Waals surface area (Å²) in [4.78, 5) is 29.5. The molecule has 2 N–H and O–H groups in total. The van der Waals surface area contributed by atoms with Crippen molar-refractivity contribution in [3.8, 4) is 0 Å². The quantitative estimate of drug-likeness (QED) is 0.659. The predicted octanol–water partition coefficient (Wildman–Crippen LogP) is 2.20. The van der Waals surface area contributed by atoms with Crippen LogP contribution in [0.1, 0.15) is 5.82 Å². The summed E-state index contributed by atoms with van der Waals surface area (Å²) < 4.78 is 38.5. The third kappa shape index (κ3) is 4.31. The molecule has 0 spiro atoms. The molecule has 122 valence electrons. The van der Waals surface area contributed by atoms with Crippen molar-refractivity contribution < 1.29 is 22.8 Å². The highest BCUT2D eigenvalue weighted by Crippen LogP contribution is 2.31. The van der Waals surface area contributed by atoms with Crippen molar-refractivity contribution in [3.05, 3.63) is 30.1 Å². The van der Waals surface area contributed by atoms with Crippen molar-refractivity contribution in [2.45, 2.75) is 11.2 Å². The molecule has 2 aromatic rings. The number of halogens is 3. The molecule has 0 aliphatic carbocycles. The van der Waals surface area contributed by atoms with Gasteiger partial charge in [0.1, 0.15) is 5.03 Å². The summed E-state index contributed by atoms with van der Waals surface area (Å²) >= 11 is 0.798.